The molecule has 4 rings (SSSR count). The number of anilines is 1. The van der Waals surface area contributed by atoms with Gasteiger partial charge in [-0.1, -0.05) is 18.2 Å². The molecule has 0 spiro atoms. The van der Waals surface area contributed by atoms with Gasteiger partial charge in [-0.2, -0.15) is 0 Å². The molecule has 0 N–H and O–H groups in total. The summed E-state index contributed by atoms with van der Waals surface area (Å²) in [6, 6.07) is 10.5. The Hall–Kier alpha value is -3.62. The highest BCUT2D eigenvalue weighted by molar-refractivity contribution is 6.35. The third-order valence-electron chi connectivity index (χ3n) is 4.94. The highest BCUT2D eigenvalue weighted by Gasteiger charge is 2.36. The number of amides is 2. The van der Waals surface area contributed by atoms with Crippen molar-refractivity contribution in [3.05, 3.63) is 71.6 Å². The molecule has 0 atom stereocenters. The third kappa shape index (κ3) is 4.10. The van der Waals surface area contributed by atoms with Crippen LogP contribution in [0.2, 0.25) is 0 Å². The van der Waals surface area contributed by atoms with E-state index in [1.54, 1.807) is 50.3 Å². The first-order valence-electron chi connectivity index (χ1n) is 10.3. The largest absolute Gasteiger partial charge is 0.493 e. The summed E-state index contributed by atoms with van der Waals surface area (Å²) in [7, 11) is 0. The number of ether oxygens (including phenoxy) is 1. The molecule has 0 radical (unpaired) electrons. The molecule has 8 nitrogen and oxygen atoms in total. The second kappa shape index (κ2) is 9.25. The zero-order valence-electron chi connectivity index (χ0n) is 18.0. The maximum atomic E-state index is 13.3. The maximum absolute atomic E-state index is 13.3. The molecule has 32 heavy (non-hydrogen) atoms. The lowest BCUT2D eigenvalue weighted by Gasteiger charge is -2.26. The SMILES string of the molecule is C=CCOOCCCOc1ccc2c3c(cccc13)C(=O)N(c1nc(C)cc(C)n1)C2=O. The van der Waals surface area contributed by atoms with Crippen molar-refractivity contribution in [1.82, 2.24) is 9.97 Å². The van der Waals surface area contributed by atoms with Gasteiger partial charge in [0.25, 0.3) is 11.8 Å². The lowest BCUT2D eigenvalue weighted by molar-refractivity contribution is -0.287. The fraction of sp³-hybridized carbons (Fsp3) is 0.250. The van der Waals surface area contributed by atoms with Gasteiger partial charge >= 0.3 is 0 Å². The zero-order valence-corrected chi connectivity index (χ0v) is 18.0. The van der Waals surface area contributed by atoms with Crippen molar-refractivity contribution >= 4 is 28.5 Å². The van der Waals surface area contributed by atoms with Crippen LogP contribution < -0.4 is 9.64 Å². The number of carbonyl (C=O) groups is 2. The predicted octanol–water partition coefficient (Wildman–Crippen LogP) is 3.95. The van der Waals surface area contributed by atoms with E-state index in [9.17, 15) is 9.59 Å². The lowest BCUT2D eigenvalue weighted by Crippen LogP contribution is -2.41. The van der Waals surface area contributed by atoms with Crippen LogP contribution in [0.25, 0.3) is 10.8 Å². The number of carbonyl (C=O) groups excluding carboxylic acids is 2. The van der Waals surface area contributed by atoms with E-state index in [0.717, 1.165) is 4.90 Å². The molecule has 0 unspecified atom stereocenters. The molecule has 1 aliphatic heterocycles. The van der Waals surface area contributed by atoms with Gasteiger partial charge in [0.15, 0.2) is 0 Å². The smallest absolute Gasteiger partial charge is 0.268 e. The molecule has 3 aromatic rings. The molecule has 1 aromatic heterocycles. The van der Waals surface area contributed by atoms with E-state index < -0.39 is 11.8 Å². The summed E-state index contributed by atoms with van der Waals surface area (Å²) in [5.74, 6) is -0.237. The van der Waals surface area contributed by atoms with Crippen LogP contribution in [-0.4, -0.2) is 41.6 Å². The molecule has 0 aliphatic carbocycles. The van der Waals surface area contributed by atoms with Gasteiger partial charge in [-0.15, -0.1) is 6.58 Å². The van der Waals surface area contributed by atoms with E-state index >= 15 is 0 Å². The molecular weight excluding hydrogens is 410 g/mol. The lowest BCUT2D eigenvalue weighted by atomic mass is 9.93. The van der Waals surface area contributed by atoms with Crippen molar-refractivity contribution < 1.29 is 24.1 Å². The van der Waals surface area contributed by atoms with Crippen molar-refractivity contribution in [2.24, 2.45) is 0 Å². The Morgan fingerprint density at radius 1 is 0.969 bits per heavy atom. The van der Waals surface area contributed by atoms with Crippen molar-refractivity contribution in [2.45, 2.75) is 20.3 Å². The summed E-state index contributed by atoms with van der Waals surface area (Å²) in [5.41, 5.74) is 2.18. The molecule has 0 bridgehead atoms. The van der Waals surface area contributed by atoms with Gasteiger partial charge in [0.05, 0.1) is 13.2 Å². The van der Waals surface area contributed by atoms with Gasteiger partial charge < -0.3 is 4.74 Å². The van der Waals surface area contributed by atoms with Gasteiger partial charge in [0.1, 0.15) is 12.4 Å². The fourth-order valence-corrected chi connectivity index (χ4v) is 3.64. The van der Waals surface area contributed by atoms with E-state index in [0.29, 0.717) is 65.3 Å². The second-order valence-electron chi connectivity index (χ2n) is 7.33. The highest BCUT2D eigenvalue weighted by Crippen LogP contribution is 2.36. The Morgan fingerprint density at radius 2 is 1.69 bits per heavy atom. The zero-order chi connectivity index (χ0) is 22.7. The average molecular weight is 433 g/mol. The van der Waals surface area contributed by atoms with E-state index in [2.05, 4.69) is 16.5 Å². The number of imide groups is 1. The monoisotopic (exact) mass is 433 g/mol. The molecule has 1 aliphatic rings. The van der Waals surface area contributed by atoms with E-state index in [1.807, 2.05) is 6.07 Å². The maximum Gasteiger partial charge on any atom is 0.268 e. The first-order valence-corrected chi connectivity index (χ1v) is 10.3. The van der Waals surface area contributed by atoms with Crippen molar-refractivity contribution in [3.8, 4) is 5.75 Å². The van der Waals surface area contributed by atoms with Gasteiger partial charge in [-0.3, -0.25) is 9.59 Å². The van der Waals surface area contributed by atoms with Crippen LogP contribution in [0.15, 0.2) is 49.1 Å². The molecule has 0 fully saturated rings. The van der Waals surface area contributed by atoms with Crippen LogP contribution in [-0.2, 0) is 9.78 Å². The van der Waals surface area contributed by atoms with Crippen LogP contribution in [0.1, 0.15) is 38.5 Å². The highest BCUT2D eigenvalue weighted by atomic mass is 17.2. The van der Waals surface area contributed by atoms with E-state index in [1.165, 1.54) is 0 Å². The van der Waals surface area contributed by atoms with Crippen LogP contribution in [0.4, 0.5) is 5.95 Å². The van der Waals surface area contributed by atoms with Crippen molar-refractivity contribution in [2.75, 3.05) is 24.7 Å². The summed E-state index contributed by atoms with van der Waals surface area (Å²) >= 11 is 0. The molecule has 8 heteroatoms. The molecule has 0 saturated carbocycles. The number of hydrogen-bond donors (Lipinski definition) is 0. The molecular formula is C24H23N3O5. The number of aryl methyl sites for hydroxylation is 2. The fourth-order valence-electron chi connectivity index (χ4n) is 3.64. The van der Waals surface area contributed by atoms with Gasteiger partial charge in [0, 0.05) is 39.7 Å². The number of hydrogen-bond acceptors (Lipinski definition) is 7. The number of rotatable bonds is 9. The Balaban J connectivity index is 1.62. The Labute approximate surface area is 185 Å². The molecule has 164 valence electrons. The Morgan fingerprint density at radius 3 is 2.41 bits per heavy atom. The van der Waals surface area contributed by atoms with Gasteiger partial charge in [-0.25, -0.2) is 24.6 Å². The average Bonchev–Trinajstić information content (AvgIpc) is 2.76. The standard InChI is InChI=1S/C24H23N3O5/c1-4-11-31-32-13-6-12-30-20-10-9-19-21-17(20)7-5-8-18(21)22(28)27(23(19)29)24-25-15(2)14-16(3)26-24/h4-5,7-10,14H,1,6,11-13H2,2-3H3. The molecule has 0 saturated heterocycles. The minimum Gasteiger partial charge on any atom is -0.493 e. The van der Waals surface area contributed by atoms with E-state index in [4.69, 9.17) is 14.5 Å². The van der Waals surface area contributed by atoms with Crippen LogP contribution in [0.5, 0.6) is 5.75 Å². The van der Waals surface area contributed by atoms with Crippen LogP contribution >= 0.6 is 0 Å². The van der Waals surface area contributed by atoms with Crippen molar-refractivity contribution in [1.29, 1.82) is 0 Å². The Bertz CT molecular complexity index is 1170. The van der Waals surface area contributed by atoms with E-state index in [-0.39, 0.29) is 5.95 Å². The Kier molecular flexibility index (Phi) is 6.25. The summed E-state index contributed by atoms with van der Waals surface area (Å²) in [5, 5.41) is 1.28. The topological polar surface area (TPSA) is 90.8 Å². The predicted molar refractivity (Wildman–Crippen MR) is 119 cm³/mol. The summed E-state index contributed by atoms with van der Waals surface area (Å²) in [6.07, 6.45) is 2.21. The molecule has 2 heterocycles. The normalized spacial score (nSPS) is 13.0. The van der Waals surface area contributed by atoms with Crippen LogP contribution in [0.3, 0.4) is 0 Å². The van der Waals surface area contributed by atoms with Gasteiger partial charge in [0.2, 0.25) is 5.95 Å². The quantitative estimate of drug-likeness (QED) is 0.166. The minimum atomic E-state index is -0.456. The number of benzene rings is 2. The summed E-state index contributed by atoms with van der Waals surface area (Å²) in [6.45, 7) is 8.22. The number of aromatic nitrogens is 2. The first-order chi connectivity index (χ1) is 15.5. The van der Waals surface area contributed by atoms with Gasteiger partial charge in [-0.05, 0) is 38.1 Å². The van der Waals surface area contributed by atoms with Crippen LogP contribution in [0, 0.1) is 13.8 Å². The summed E-state index contributed by atoms with van der Waals surface area (Å²) < 4.78 is 5.90. The molecule has 2 amide bonds. The third-order valence-corrected chi connectivity index (χ3v) is 4.94. The second-order valence-corrected chi connectivity index (χ2v) is 7.33. The number of nitrogens with zero attached hydrogens (tertiary/aromatic N) is 3. The minimum absolute atomic E-state index is 0.0825. The summed E-state index contributed by atoms with van der Waals surface area (Å²) in [4.78, 5) is 46.1. The first kappa shape index (κ1) is 21.6. The molecule has 2 aromatic carbocycles. The van der Waals surface area contributed by atoms with Crippen molar-refractivity contribution in [3.63, 3.8) is 0 Å².